The van der Waals surface area contributed by atoms with Gasteiger partial charge in [0.1, 0.15) is 0 Å². The molecule has 1 saturated heterocycles. The molecule has 0 unspecified atom stereocenters. The summed E-state index contributed by atoms with van der Waals surface area (Å²) in [7, 11) is 0. The van der Waals surface area contributed by atoms with E-state index in [1.165, 1.54) is 6.42 Å². The lowest BCUT2D eigenvalue weighted by Crippen LogP contribution is -2.23. The van der Waals surface area contributed by atoms with Crippen molar-refractivity contribution in [2.75, 3.05) is 6.61 Å². The van der Waals surface area contributed by atoms with Gasteiger partial charge in [-0.05, 0) is 46.1 Å². The molecule has 0 aromatic rings. The standard InChI is InChI=1S/C15H28O2/c1-11-7-13(3)17-14(8-11)9-12(2)10-16-15(4,5)6/h9,11-13H,7-8,10H2,1-6H3/b14-9+/t11-,12+,13+/m1/s1. The molecule has 0 radical (unpaired) electrons. The molecule has 2 nitrogen and oxygen atoms in total. The Morgan fingerprint density at radius 1 is 1.41 bits per heavy atom. The van der Waals surface area contributed by atoms with Gasteiger partial charge in [-0.1, -0.05) is 13.8 Å². The molecule has 2 heteroatoms. The Kier molecular flexibility index (Phi) is 5.05. The normalized spacial score (nSPS) is 30.1. The van der Waals surface area contributed by atoms with Crippen LogP contribution >= 0.6 is 0 Å². The molecule has 1 aliphatic rings. The zero-order valence-corrected chi connectivity index (χ0v) is 12.2. The first-order chi connectivity index (χ1) is 7.76. The van der Waals surface area contributed by atoms with E-state index in [2.05, 4.69) is 47.6 Å². The maximum absolute atomic E-state index is 5.86. The minimum absolute atomic E-state index is 0.0548. The van der Waals surface area contributed by atoms with Crippen LogP contribution in [0.3, 0.4) is 0 Å². The summed E-state index contributed by atoms with van der Waals surface area (Å²) in [4.78, 5) is 0. The lowest BCUT2D eigenvalue weighted by molar-refractivity contribution is -0.0144. The van der Waals surface area contributed by atoms with Crippen LogP contribution in [0.1, 0.15) is 54.4 Å². The summed E-state index contributed by atoms with van der Waals surface area (Å²) in [6, 6.07) is 0. The van der Waals surface area contributed by atoms with Crippen LogP contribution in [-0.2, 0) is 9.47 Å². The molecule has 0 amide bonds. The molecule has 1 rings (SSSR count). The van der Waals surface area contributed by atoms with Gasteiger partial charge in [0.25, 0.3) is 0 Å². The van der Waals surface area contributed by atoms with Gasteiger partial charge in [0.15, 0.2) is 0 Å². The summed E-state index contributed by atoms with van der Waals surface area (Å²) in [5.41, 5.74) is -0.0548. The highest BCUT2D eigenvalue weighted by atomic mass is 16.5. The largest absolute Gasteiger partial charge is 0.495 e. The zero-order chi connectivity index (χ0) is 13.1. The molecule has 100 valence electrons. The summed E-state index contributed by atoms with van der Waals surface area (Å²) in [6.45, 7) is 13.7. The van der Waals surface area contributed by atoms with Crippen LogP contribution in [0.25, 0.3) is 0 Å². The zero-order valence-electron chi connectivity index (χ0n) is 12.2. The van der Waals surface area contributed by atoms with Gasteiger partial charge in [0, 0.05) is 12.3 Å². The second kappa shape index (κ2) is 5.90. The molecule has 0 saturated carbocycles. The van der Waals surface area contributed by atoms with Crippen molar-refractivity contribution < 1.29 is 9.47 Å². The Labute approximate surface area is 106 Å². The first kappa shape index (κ1) is 14.6. The Balaban J connectivity index is 2.44. The fourth-order valence-electron chi connectivity index (χ4n) is 2.20. The number of hydrogen-bond acceptors (Lipinski definition) is 2. The highest BCUT2D eigenvalue weighted by molar-refractivity contribution is 5.00. The van der Waals surface area contributed by atoms with E-state index >= 15 is 0 Å². The van der Waals surface area contributed by atoms with Crippen molar-refractivity contribution in [2.45, 2.75) is 66.1 Å². The number of allylic oxidation sites excluding steroid dienone is 1. The van der Waals surface area contributed by atoms with E-state index in [0.29, 0.717) is 12.0 Å². The van der Waals surface area contributed by atoms with Crippen molar-refractivity contribution in [3.63, 3.8) is 0 Å². The van der Waals surface area contributed by atoms with Crippen LogP contribution in [0, 0.1) is 11.8 Å². The Hall–Kier alpha value is -0.500. The van der Waals surface area contributed by atoms with E-state index in [1.807, 2.05) is 0 Å². The first-order valence-electron chi connectivity index (χ1n) is 6.77. The molecular formula is C15H28O2. The molecule has 0 aromatic heterocycles. The van der Waals surface area contributed by atoms with Crippen LogP contribution in [0.5, 0.6) is 0 Å². The number of hydrogen-bond donors (Lipinski definition) is 0. The maximum atomic E-state index is 5.86. The Morgan fingerprint density at radius 2 is 2.06 bits per heavy atom. The van der Waals surface area contributed by atoms with Crippen LogP contribution in [0.15, 0.2) is 11.8 Å². The predicted octanol–water partition coefficient (Wildman–Crippen LogP) is 4.16. The fraction of sp³-hybridized carbons (Fsp3) is 0.867. The Morgan fingerprint density at radius 3 is 2.59 bits per heavy atom. The summed E-state index contributed by atoms with van der Waals surface area (Å²) >= 11 is 0. The van der Waals surface area contributed by atoms with E-state index < -0.39 is 0 Å². The van der Waals surface area contributed by atoms with Crippen molar-refractivity contribution in [2.24, 2.45) is 11.8 Å². The van der Waals surface area contributed by atoms with E-state index in [1.54, 1.807) is 0 Å². The lowest BCUT2D eigenvalue weighted by Gasteiger charge is -2.29. The second-order valence-electron chi connectivity index (χ2n) is 6.51. The molecule has 17 heavy (non-hydrogen) atoms. The summed E-state index contributed by atoms with van der Waals surface area (Å²) < 4.78 is 11.7. The van der Waals surface area contributed by atoms with Gasteiger partial charge in [-0.2, -0.15) is 0 Å². The van der Waals surface area contributed by atoms with Gasteiger partial charge >= 0.3 is 0 Å². The molecule has 0 N–H and O–H groups in total. The first-order valence-corrected chi connectivity index (χ1v) is 6.77. The molecule has 1 aliphatic heterocycles. The van der Waals surface area contributed by atoms with Gasteiger partial charge in [0.2, 0.25) is 0 Å². The third kappa shape index (κ3) is 6.11. The topological polar surface area (TPSA) is 18.5 Å². The van der Waals surface area contributed by atoms with Gasteiger partial charge in [-0.15, -0.1) is 0 Å². The lowest BCUT2D eigenvalue weighted by atomic mass is 9.95. The summed E-state index contributed by atoms with van der Waals surface area (Å²) in [6.07, 6.45) is 4.84. The summed E-state index contributed by atoms with van der Waals surface area (Å²) in [5, 5.41) is 0. The third-order valence-electron chi connectivity index (χ3n) is 2.89. The Bertz CT molecular complexity index is 251. The van der Waals surface area contributed by atoms with Gasteiger partial charge < -0.3 is 9.47 Å². The molecule has 1 fully saturated rings. The van der Waals surface area contributed by atoms with Crippen LogP contribution in [-0.4, -0.2) is 18.3 Å². The van der Waals surface area contributed by atoms with Crippen molar-refractivity contribution in [3.05, 3.63) is 11.8 Å². The van der Waals surface area contributed by atoms with Crippen molar-refractivity contribution >= 4 is 0 Å². The highest BCUT2D eigenvalue weighted by Crippen LogP contribution is 2.27. The molecule has 1 heterocycles. The quantitative estimate of drug-likeness (QED) is 0.737. The smallest absolute Gasteiger partial charge is 0.0957 e. The van der Waals surface area contributed by atoms with Gasteiger partial charge in [0.05, 0.1) is 24.1 Å². The van der Waals surface area contributed by atoms with E-state index in [-0.39, 0.29) is 5.60 Å². The van der Waals surface area contributed by atoms with Crippen LogP contribution in [0.2, 0.25) is 0 Å². The van der Waals surface area contributed by atoms with Gasteiger partial charge in [-0.25, -0.2) is 0 Å². The van der Waals surface area contributed by atoms with Crippen LogP contribution in [0.4, 0.5) is 0 Å². The SMILES string of the molecule is C[C@H]1C/C(=C\[C@H](C)COC(C)(C)C)O[C@@H](C)C1. The van der Waals surface area contributed by atoms with E-state index in [4.69, 9.17) is 9.47 Å². The minimum atomic E-state index is -0.0548. The minimum Gasteiger partial charge on any atom is -0.495 e. The third-order valence-corrected chi connectivity index (χ3v) is 2.89. The highest BCUT2D eigenvalue weighted by Gasteiger charge is 2.20. The molecule has 0 bridgehead atoms. The molecule has 0 aliphatic carbocycles. The fourth-order valence-corrected chi connectivity index (χ4v) is 2.20. The van der Waals surface area contributed by atoms with Crippen molar-refractivity contribution in [1.29, 1.82) is 0 Å². The maximum Gasteiger partial charge on any atom is 0.0957 e. The van der Waals surface area contributed by atoms with E-state index in [9.17, 15) is 0 Å². The monoisotopic (exact) mass is 240 g/mol. The molecule has 0 aromatic carbocycles. The van der Waals surface area contributed by atoms with E-state index in [0.717, 1.165) is 24.7 Å². The molecule has 3 atom stereocenters. The molecular weight excluding hydrogens is 212 g/mol. The second-order valence-corrected chi connectivity index (χ2v) is 6.51. The summed E-state index contributed by atoms with van der Waals surface area (Å²) in [5.74, 6) is 2.31. The molecule has 0 spiro atoms. The average Bonchev–Trinajstić information content (AvgIpc) is 2.11. The number of ether oxygens (including phenoxy) is 2. The van der Waals surface area contributed by atoms with Crippen molar-refractivity contribution in [1.82, 2.24) is 0 Å². The number of rotatable bonds is 3. The van der Waals surface area contributed by atoms with Crippen molar-refractivity contribution in [3.8, 4) is 0 Å². The van der Waals surface area contributed by atoms with Gasteiger partial charge in [-0.3, -0.25) is 0 Å². The average molecular weight is 240 g/mol. The predicted molar refractivity (Wildman–Crippen MR) is 71.9 cm³/mol. The van der Waals surface area contributed by atoms with Crippen LogP contribution < -0.4 is 0 Å².